The van der Waals surface area contributed by atoms with Crippen molar-refractivity contribution in [3.8, 4) is 0 Å². The maximum absolute atomic E-state index is 12.1. The fraction of sp³-hybridized carbons (Fsp3) is 0.278. The van der Waals surface area contributed by atoms with Gasteiger partial charge in [-0.15, -0.1) is 0 Å². The topological polar surface area (TPSA) is 55.1 Å². The second kappa shape index (κ2) is 5.24. The highest BCUT2D eigenvalue weighted by molar-refractivity contribution is 5.91. The minimum absolute atomic E-state index is 0.0398. The molecule has 1 aliphatic rings. The summed E-state index contributed by atoms with van der Waals surface area (Å²) in [7, 11) is 0. The first-order valence-electron chi connectivity index (χ1n) is 7.32. The van der Waals surface area contributed by atoms with Crippen LogP contribution in [0.3, 0.4) is 0 Å². The molecule has 3 rings (SSSR count). The van der Waals surface area contributed by atoms with Gasteiger partial charge >= 0.3 is 0 Å². The molecule has 108 valence electrons. The minimum Gasteiger partial charge on any atom is -0.399 e. The van der Waals surface area contributed by atoms with Gasteiger partial charge in [-0.1, -0.05) is 50.2 Å². The van der Waals surface area contributed by atoms with Gasteiger partial charge in [-0.2, -0.15) is 0 Å². The first kappa shape index (κ1) is 13.7. The van der Waals surface area contributed by atoms with Crippen LogP contribution >= 0.6 is 0 Å². The maximum atomic E-state index is 12.1. The van der Waals surface area contributed by atoms with Crippen molar-refractivity contribution in [1.82, 2.24) is 5.32 Å². The molecule has 0 unspecified atom stereocenters. The van der Waals surface area contributed by atoms with Gasteiger partial charge in [0, 0.05) is 5.69 Å². The molecule has 21 heavy (non-hydrogen) atoms. The van der Waals surface area contributed by atoms with E-state index in [0.717, 1.165) is 16.8 Å². The Balaban J connectivity index is 1.97. The molecule has 0 saturated carbocycles. The average Bonchev–Trinajstić information content (AvgIpc) is 2.46. The summed E-state index contributed by atoms with van der Waals surface area (Å²) in [4.78, 5) is 12.1. The lowest BCUT2D eigenvalue weighted by Gasteiger charge is -2.38. The van der Waals surface area contributed by atoms with E-state index in [0.29, 0.717) is 5.92 Å². The van der Waals surface area contributed by atoms with Gasteiger partial charge in [0.2, 0.25) is 5.91 Å². The van der Waals surface area contributed by atoms with Crippen molar-refractivity contribution in [1.29, 1.82) is 0 Å². The van der Waals surface area contributed by atoms with Crippen LogP contribution in [0.4, 0.5) is 5.69 Å². The third-order valence-corrected chi connectivity index (χ3v) is 4.16. The van der Waals surface area contributed by atoms with E-state index in [-0.39, 0.29) is 17.9 Å². The lowest BCUT2D eigenvalue weighted by Crippen LogP contribution is -2.50. The second-order valence-electron chi connectivity index (χ2n) is 5.91. The molecule has 0 radical (unpaired) electrons. The molecular formula is C18H20N2O. The Labute approximate surface area is 125 Å². The van der Waals surface area contributed by atoms with E-state index < -0.39 is 0 Å². The Morgan fingerprint density at radius 3 is 2.33 bits per heavy atom. The zero-order valence-corrected chi connectivity index (χ0v) is 12.3. The number of nitrogen functional groups attached to an aromatic ring is 1. The zero-order valence-electron chi connectivity index (χ0n) is 12.3. The van der Waals surface area contributed by atoms with Crippen molar-refractivity contribution in [3.05, 3.63) is 65.2 Å². The monoisotopic (exact) mass is 280 g/mol. The molecule has 2 aromatic rings. The molecular weight excluding hydrogens is 260 g/mol. The molecule has 2 atom stereocenters. The van der Waals surface area contributed by atoms with Crippen molar-refractivity contribution in [2.75, 3.05) is 5.73 Å². The Morgan fingerprint density at radius 2 is 1.71 bits per heavy atom. The Bertz CT molecular complexity index is 661. The van der Waals surface area contributed by atoms with Gasteiger partial charge in [-0.05, 0) is 34.7 Å². The number of rotatable bonds is 3. The third kappa shape index (κ3) is 2.40. The van der Waals surface area contributed by atoms with E-state index in [2.05, 4.69) is 31.3 Å². The summed E-state index contributed by atoms with van der Waals surface area (Å²) >= 11 is 0. The van der Waals surface area contributed by atoms with Gasteiger partial charge in [-0.25, -0.2) is 0 Å². The van der Waals surface area contributed by atoms with E-state index >= 15 is 0 Å². The molecule has 0 aliphatic carbocycles. The summed E-state index contributed by atoms with van der Waals surface area (Å²) in [6.07, 6.45) is 0. The first-order valence-corrected chi connectivity index (χ1v) is 7.32. The Hall–Kier alpha value is -2.29. The molecule has 1 aliphatic heterocycles. The van der Waals surface area contributed by atoms with Crippen LogP contribution in [0.15, 0.2) is 48.5 Å². The number of benzene rings is 2. The standard InChI is InChI=1S/C18H20N2O/c1-11(2)14-5-3-4-6-15(14)16-17(20-18(16)21)12-7-9-13(19)10-8-12/h3-11,16-17H,19H2,1-2H3,(H,20,21)/t16-,17+/m0/s1. The quantitative estimate of drug-likeness (QED) is 0.669. The lowest BCUT2D eigenvalue weighted by atomic mass is 9.77. The third-order valence-electron chi connectivity index (χ3n) is 4.16. The average molecular weight is 280 g/mol. The number of nitrogens with one attached hydrogen (secondary N) is 1. The van der Waals surface area contributed by atoms with E-state index in [1.54, 1.807) is 0 Å². The highest BCUT2D eigenvalue weighted by Crippen LogP contribution is 2.41. The lowest BCUT2D eigenvalue weighted by molar-refractivity contribution is -0.131. The summed E-state index contributed by atoms with van der Waals surface area (Å²) in [6, 6.07) is 16.0. The highest BCUT2D eigenvalue weighted by Gasteiger charge is 2.42. The van der Waals surface area contributed by atoms with Crippen LogP contribution in [0.1, 0.15) is 48.4 Å². The number of anilines is 1. The van der Waals surface area contributed by atoms with Crippen LogP contribution in [0.5, 0.6) is 0 Å². The van der Waals surface area contributed by atoms with Crippen LogP contribution in [-0.2, 0) is 4.79 Å². The van der Waals surface area contributed by atoms with Crippen LogP contribution in [0.25, 0.3) is 0 Å². The number of carbonyl (C=O) groups excluding carboxylic acids is 1. The van der Waals surface area contributed by atoms with Gasteiger partial charge in [0.15, 0.2) is 0 Å². The summed E-state index contributed by atoms with van der Waals surface area (Å²) in [5.41, 5.74) is 9.96. The molecule has 0 spiro atoms. The normalized spacial score (nSPS) is 21.0. The van der Waals surface area contributed by atoms with Crippen LogP contribution in [-0.4, -0.2) is 5.91 Å². The molecule has 0 aromatic heterocycles. The van der Waals surface area contributed by atoms with Crippen molar-refractivity contribution >= 4 is 11.6 Å². The largest absolute Gasteiger partial charge is 0.399 e. The fourth-order valence-corrected chi connectivity index (χ4v) is 3.00. The number of β-lactam (4-membered cyclic amide) rings is 1. The van der Waals surface area contributed by atoms with Gasteiger partial charge in [0.05, 0.1) is 12.0 Å². The van der Waals surface area contributed by atoms with Gasteiger partial charge in [-0.3, -0.25) is 4.79 Å². The Kier molecular flexibility index (Phi) is 3.42. The summed E-state index contributed by atoms with van der Waals surface area (Å²) in [6.45, 7) is 4.32. The van der Waals surface area contributed by atoms with E-state index in [4.69, 9.17) is 5.73 Å². The maximum Gasteiger partial charge on any atom is 0.230 e. The van der Waals surface area contributed by atoms with Crippen molar-refractivity contribution in [2.45, 2.75) is 31.7 Å². The number of nitrogens with two attached hydrogens (primary N) is 1. The summed E-state index contributed by atoms with van der Waals surface area (Å²) in [5.74, 6) is 0.402. The SMILES string of the molecule is CC(C)c1ccccc1[C@@H]1C(=O)N[C@@H]1c1ccc(N)cc1. The molecule has 1 amide bonds. The van der Waals surface area contributed by atoms with Crippen molar-refractivity contribution < 1.29 is 4.79 Å². The predicted octanol–water partition coefficient (Wildman–Crippen LogP) is 3.35. The predicted molar refractivity (Wildman–Crippen MR) is 85.0 cm³/mol. The van der Waals surface area contributed by atoms with Crippen LogP contribution in [0, 0.1) is 0 Å². The molecule has 3 heteroatoms. The van der Waals surface area contributed by atoms with E-state index in [1.807, 2.05) is 36.4 Å². The van der Waals surface area contributed by atoms with Gasteiger partial charge in [0.1, 0.15) is 0 Å². The number of hydrogen-bond acceptors (Lipinski definition) is 2. The second-order valence-corrected chi connectivity index (χ2v) is 5.91. The van der Waals surface area contributed by atoms with Gasteiger partial charge < -0.3 is 11.1 Å². The van der Waals surface area contributed by atoms with Gasteiger partial charge in [0.25, 0.3) is 0 Å². The van der Waals surface area contributed by atoms with Crippen molar-refractivity contribution in [2.24, 2.45) is 0 Å². The molecule has 2 aromatic carbocycles. The zero-order chi connectivity index (χ0) is 15.0. The molecule has 1 fully saturated rings. The summed E-state index contributed by atoms with van der Waals surface area (Å²) in [5, 5.41) is 3.01. The van der Waals surface area contributed by atoms with E-state index in [9.17, 15) is 4.79 Å². The first-order chi connectivity index (χ1) is 10.1. The van der Waals surface area contributed by atoms with Crippen LogP contribution in [0.2, 0.25) is 0 Å². The molecule has 3 nitrogen and oxygen atoms in total. The van der Waals surface area contributed by atoms with Crippen molar-refractivity contribution in [3.63, 3.8) is 0 Å². The smallest absolute Gasteiger partial charge is 0.230 e. The number of hydrogen-bond donors (Lipinski definition) is 2. The van der Waals surface area contributed by atoms with Crippen LogP contribution < -0.4 is 11.1 Å². The molecule has 1 saturated heterocycles. The highest BCUT2D eigenvalue weighted by atomic mass is 16.2. The molecule has 1 heterocycles. The number of carbonyl (C=O) groups is 1. The minimum atomic E-state index is -0.104. The van der Waals surface area contributed by atoms with E-state index in [1.165, 1.54) is 5.56 Å². The fourth-order valence-electron chi connectivity index (χ4n) is 3.00. The summed E-state index contributed by atoms with van der Waals surface area (Å²) < 4.78 is 0. The number of amides is 1. The molecule has 0 bridgehead atoms. The Morgan fingerprint density at radius 1 is 1.05 bits per heavy atom. The molecule has 3 N–H and O–H groups in total.